The van der Waals surface area contributed by atoms with Crippen molar-refractivity contribution in [3.63, 3.8) is 0 Å². The molecule has 1 rings (SSSR count). The normalized spacial score (nSPS) is 11.5. The molecular weight excluding hydrogens is 310 g/mol. The quantitative estimate of drug-likeness (QED) is 0.618. The predicted molar refractivity (Wildman–Crippen MR) is 53.1 cm³/mol. The molecule has 0 N–H and O–H groups in total. The monoisotopic (exact) mass is 317 g/mol. The van der Waals surface area contributed by atoms with Gasteiger partial charge in [0.25, 0.3) is 0 Å². The zero-order valence-electron chi connectivity index (χ0n) is 7.23. The van der Waals surface area contributed by atoms with E-state index in [4.69, 9.17) is 4.74 Å². The van der Waals surface area contributed by atoms with Crippen LogP contribution in [-0.2, 0) is 6.18 Å². The van der Waals surface area contributed by atoms with Gasteiger partial charge in [-0.3, -0.25) is 0 Å². The molecule has 1 aromatic heterocycles. The number of hydrogen-bond acceptors (Lipinski definition) is 2. The van der Waals surface area contributed by atoms with Crippen molar-refractivity contribution in [1.29, 1.82) is 0 Å². The van der Waals surface area contributed by atoms with E-state index >= 15 is 0 Å². The predicted octanol–water partition coefficient (Wildman–Crippen LogP) is 3.10. The van der Waals surface area contributed by atoms with Crippen molar-refractivity contribution >= 4 is 22.6 Å². The van der Waals surface area contributed by atoms with Crippen molar-refractivity contribution in [2.45, 2.75) is 13.1 Å². The average molecular weight is 317 g/mol. The second kappa shape index (κ2) is 4.33. The van der Waals surface area contributed by atoms with Crippen LogP contribution in [0.1, 0.15) is 12.5 Å². The van der Waals surface area contributed by atoms with Crippen LogP contribution in [0.15, 0.2) is 12.3 Å². The molecule has 0 radical (unpaired) electrons. The van der Waals surface area contributed by atoms with E-state index in [9.17, 15) is 13.2 Å². The van der Waals surface area contributed by atoms with Crippen LogP contribution in [0.3, 0.4) is 0 Å². The maximum absolute atomic E-state index is 12.2. The number of nitrogens with zero attached hydrogens (tertiary/aromatic N) is 1. The molecule has 0 aliphatic rings. The highest BCUT2D eigenvalue weighted by Crippen LogP contribution is 2.32. The van der Waals surface area contributed by atoms with Gasteiger partial charge in [0.2, 0.25) is 0 Å². The molecule has 2 nitrogen and oxygen atoms in total. The van der Waals surface area contributed by atoms with Crippen LogP contribution in [0.2, 0.25) is 0 Å². The lowest BCUT2D eigenvalue weighted by Gasteiger charge is -2.09. The third-order valence-corrected chi connectivity index (χ3v) is 2.24. The second-order valence-corrected chi connectivity index (χ2v) is 3.47. The van der Waals surface area contributed by atoms with Crippen molar-refractivity contribution in [2.75, 3.05) is 6.61 Å². The van der Waals surface area contributed by atoms with Gasteiger partial charge >= 0.3 is 6.18 Å². The number of pyridine rings is 1. The van der Waals surface area contributed by atoms with Crippen LogP contribution in [0.5, 0.6) is 5.75 Å². The van der Waals surface area contributed by atoms with Crippen LogP contribution < -0.4 is 4.74 Å². The molecule has 0 atom stereocenters. The molecule has 1 aromatic rings. The summed E-state index contributed by atoms with van der Waals surface area (Å²) < 4.78 is 42.2. The number of aromatic nitrogens is 1. The molecule has 0 spiro atoms. The average Bonchev–Trinajstić information content (AvgIpc) is 2.07. The number of ether oxygens (including phenoxy) is 1. The first-order valence-electron chi connectivity index (χ1n) is 3.80. The van der Waals surface area contributed by atoms with Gasteiger partial charge < -0.3 is 4.74 Å². The largest absolute Gasteiger partial charge is 0.491 e. The van der Waals surface area contributed by atoms with Gasteiger partial charge in [-0.2, -0.15) is 13.2 Å². The Bertz CT molecular complexity index is 327. The Hall–Kier alpha value is -0.530. The summed E-state index contributed by atoms with van der Waals surface area (Å²) in [6.45, 7) is 2.02. The number of rotatable bonds is 2. The Morgan fingerprint density at radius 3 is 2.64 bits per heavy atom. The Morgan fingerprint density at radius 2 is 2.14 bits per heavy atom. The van der Waals surface area contributed by atoms with Gasteiger partial charge in [0.1, 0.15) is 3.70 Å². The van der Waals surface area contributed by atoms with Gasteiger partial charge in [-0.15, -0.1) is 0 Å². The minimum absolute atomic E-state index is 0.169. The van der Waals surface area contributed by atoms with Crippen molar-refractivity contribution in [3.05, 3.63) is 21.5 Å². The first-order chi connectivity index (χ1) is 6.45. The Labute approximate surface area is 92.6 Å². The Kier molecular flexibility index (Phi) is 3.57. The van der Waals surface area contributed by atoms with E-state index in [1.54, 1.807) is 6.92 Å². The highest BCUT2D eigenvalue weighted by Gasteiger charge is 2.31. The fraction of sp³-hybridized carbons (Fsp3) is 0.375. The lowest BCUT2D eigenvalue weighted by atomic mass is 10.3. The van der Waals surface area contributed by atoms with Gasteiger partial charge in [0.05, 0.1) is 12.2 Å². The Morgan fingerprint density at radius 1 is 1.50 bits per heavy atom. The van der Waals surface area contributed by atoms with Gasteiger partial charge in [-0.25, -0.2) is 4.98 Å². The van der Waals surface area contributed by atoms with Crippen molar-refractivity contribution in [2.24, 2.45) is 0 Å². The third kappa shape index (κ3) is 2.73. The summed E-state index contributed by atoms with van der Waals surface area (Å²) in [5.74, 6) is 0.169. The van der Waals surface area contributed by atoms with Crippen molar-refractivity contribution in [1.82, 2.24) is 4.98 Å². The van der Waals surface area contributed by atoms with Crippen LogP contribution in [-0.4, -0.2) is 11.6 Å². The fourth-order valence-corrected chi connectivity index (χ4v) is 1.29. The molecule has 0 saturated carbocycles. The van der Waals surface area contributed by atoms with Gasteiger partial charge in [0, 0.05) is 6.20 Å². The van der Waals surface area contributed by atoms with Crippen molar-refractivity contribution in [3.8, 4) is 5.75 Å². The standard InChI is InChI=1S/C8H7F3INO/c1-2-14-6-3-5(8(9,10)11)4-13-7(6)12/h3-4H,2H2,1H3. The fourth-order valence-electron chi connectivity index (χ4n) is 0.840. The first-order valence-corrected chi connectivity index (χ1v) is 4.88. The van der Waals surface area contributed by atoms with Crippen LogP contribution >= 0.6 is 22.6 Å². The smallest absolute Gasteiger partial charge is 0.418 e. The zero-order valence-corrected chi connectivity index (χ0v) is 9.39. The topological polar surface area (TPSA) is 22.1 Å². The van der Waals surface area contributed by atoms with E-state index in [0.29, 0.717) is 10.3 Å². The molecule has 6 heteroatoms. The molecule has 14 heavy (non-hydrogen) atoms. The summed E-state index contributed by atoms with van der Waals surface area (Å²) in [7, 11) is 0. The number of halogens is 4. The molecule has 1 heterocycles. The molecule has 0 saturated heterocycles. The molecule has 78 valence electrons. The van der Waals surface area contributed by atoms with E-state index in [0.717, 1.165) is 12.3 Å². The van der Waals surface area contributed by atoms with Crippen LogP contribution in [0.25, 0.3) is 0 Å². The molecule has 0 fully saturated rings. The zero-order chi connectivity index (χ0) is 10.8. The molecular formula is C8H7F3INO. The van der Waals surface area contributed by atoms with E-state index in [1.165, 1.54) is 0 Å². The summed E-state index contributed by atoms with van der Waals surface area (Å²) in [6, 6.07) is 0.957. The lowest BCUT2D eigenvalue weighted by Crippen LogP contribution is -2.07. The number of alkyl halides is 3. The van der Waals surface area contributed by atoms with E-state index in [2.05, 4.69) is 4.98 Å². The third-order valence-electron chi connectivity index (χ3n) is 1.43. The summed E-state index contributed by atoms with van der Waals surface area (Å²) in [5.41, 5.74) is -0.790. The maximum Gasteiger partial charge on any atom is 0.418 e. The van der Waals surface area contributed by atoms with E-state index < -0.39 is 11.7 Å². The second-order valence-electron chi connectivity index (χ2n) is 2.44. The SMILES string of the molecule is CCOc1cc(C(F)(F)F)cnc1I. The highest BCUT2D eigenvalue weighted by molar-refractivity contribution is 14.1. The molecule has 0 bridgehead atoms. The van der Waals surface area contributed by atoms with Crippen molar-refractivity contribution < 1.29 is 17.9 Å². The first kappa shape index (κ1) is 11.5. The minimum atomic E-state index is -4.37. The van der Waals surface area contributed by atoms with Gasteiger partial charge in [-0.1, -0.05) is 0 Å². The molecule has 0 unspecified atom stereocenters. The minimum Gasteiger partial charge on any atom is -0.491 e. The van der Waals surface area contributed by atoms with E-state index in [1.807, 2.05) is 22.6 Å². The summed E-state index contributed by atoms with van der Waals surface area (Å²) in [5, 5.41) is 0. The number of hydrogen-bond donors (Lipinski definition) is 0. The van der Waals surface area contributed by atoms with Crippen LogP contribution in [0, 0.1) is 3.70 Å². The molecule has 0 amide bonds. The maximum atomic E-state index is 12.2. The summed E-state index contributed by atoms with van der Waals surface area (Å²) in [4.78, 5) is 3.61. The highest BCUT2D eigenvalue weighted by atomic mass is 127. The van der Waals surface area contributed by atoms with E-state index in [-0.39, 0.29) is 5.75 Å². The summed E-state index contributed by atoms with van der Waals surface area (Å²) >= 11 is 1.83. The summed E-state index contributed by atoms with van der Waals surface area (Å²) in [6.07, 6.45) is -3.58. The molecule has 0 aliphatic heterocycles. The lowest BCUT2D eigenvalue weighted by molar-refractivity contribution is -0.138. The Balaban J connectivity index is 3.06. The molecule has 0 aromatic carbocycles. The van der Waals surface area contributed by atoms with Gasteiger partial charge in [-0.05, 0) is 35.6 Å². The molecule has 0 aliphatic carbocycles. The van der Waals surface area contributed by atoms with Gasteiger partial charge in [0.15, 0.2) is 5.75 Å². The van der Waals surface area contributed by atoms with Crippen LogP contribution in [0.4, 0.5) is 13.2 Å².